The molecule has 3 aromatic carbocycles. The molecule has 212 valence electrons. The minimum absolute atomic E-state index is 0.0758. The van der Waals surface area contributed by atoms with Gasteiger partial charge in [0.15, 0.2) is 34.8 Å². The molecule has 3 aromatic rings. The first kappa shape index (κ1) is 29.2. The first-order valence-electron chi connectivity index (χ1n) is 13.1. The molecular weight excluding hydrogens is 534 g/mol. The molecule has 1 atom stereocenters. The van der Waals surface area contributed by atoms with E-state index in [1.165, 1.54) is 25.1 Å². The second kappa shape index (κ2) is 12.6. The van der Waals surface area contributed by atoms with Crippen LogP contribution < -0.4 is 9.47 Å². The molecule has 0 bridgehead atoms. The number of unbranched alkanes of at least 4 members (excludes halogenated alkanes) is 2. The largest absolute Gasteiger partial charge is 0.490 e. The van der Waals surface area contributed by atoms with Gasteiger partial charge in [0.25, 0.3) is 0 Å². The average Bonchev–Trinajstić information content (AvgIpc) is 2.95. The summed E-state index contributed by atoms with van der Waals surface area (Å²) in [6, 6.07) is 7.28. The Morgan fingerprint density at radius 1 is 0.825 bits per heavy atom. The van der Waals surface area contributed by atoms with Crippen molar-refractivity contribution in [1.82, 2.24) is 0 Å². The quantitative estimate of drug-likeness (QED) is 0.113. The summed E-state index contributed by atoms with van der Waals surface area (Å²) in [4.78, 5) is 12.5. The Labute approximate surface area is 228 Å². The summed E-state index contributed by atoms with van der Waals surface area (Å²) in [5.41, 5.74) is 0.00720. The Hall–Kier alpha value is -3.75. The molecule has 40 heavy (non-hydrogen) atoms. The number of carbonyl (C=O) groups excluding carboxylic acids is 1. The maximum absolute atomic E-state index is 15.0. The first-order chi connectivity index (χ1) is 19.1. The highest BCUT2D eigenvalue weighted by molar-refractivity contribution is 5.91. The van der Waals surface area contributed by atoms with Gasteiger partial charge < -0.3 is 9.47 Å². The van der Waals surface area contributed by atoms with E-state index in [9.17, 15) is 31.1 Å². The number of rotatable bonds is 9. The molecular formula is C31H28F6O3. The molecule has 0 aromatic heterocycles. The molecule has 3 nitrogen and oxygen atoms in total. The molecule has 9 heteroatoms. The van der Waals surface area contributed by atoms with Crippen molar-refractivity contribution in [2.75, 3.05) is 6.61 Å². The standard InChI is InChI=1S/C31H28F6O3/c1-3-4-5-16-39-23-14-13-22(28(35)29(23)36)31(38)40-24-15-12-21(27(34)30(24)37)19-9-7-18(8-10-19)20-11-6-17(2)25(32)26(20)33/h6,9,11-15,18H,3-5,7-8,10,16H2,1-2H3. The fraction of sp³-hybridized carbons (Fsp3) is 0.323. The summed E-state index contributed by atoms with van der Waals surface area (Å²) in [7, 11) is 0. The van der Waals surface area contributed by atoms with Gasteiger partial charge in [0, 0.05) is 5.56 Å². The van der Waals surface area contributed by atoms with E-state index in [1.54, 1.807) is 6.08 Å². The Kier molecular flexibility index (Phi) is 9.22. The second-order valence-corrected chi connectivity index (χ2v) is 9.72. The maximum atomic E-state index is 15.0. The fourth-order valence-corrected chi connectivity index (χ4v) is 4.69. The normalized spacial score (nSPS) is 15.1. The highest BCUT2D eigenvalue weighted by Crippen LogP contribution is 2.39. The van der Waals surface area contributed by atoms with E-state index in [-0.39, 0.29) is 47.8 Å². The van der Waals surface area contributed by atoms with Crippen LogP contribution in [0.4, 0.5) is 26.3 Å². The Bertz CT molecular complexity index is 1450. The van der Waals surface area contributed by atoms with Gasteiger partial charge in [0.1, 0.15) is 0 Å². The second-order valence-electron chi connectivity index (χ2n) is 9.72. The monoisotopic (exact) mass is 562 g/mol. The van der Waals surface area contributed by atoms with Crippen molar-refractivity contribution in [1.29, 1.82) is 0 Å². The molecule has 0 fully saturated rings. The van der Waals surface area contributed by atoms with Crippen molar-refractivity contribution in [3.63, 3.8) is 0 Å². The van der Waals surface area contributed by atoms with Crippen molar-refractivity contribution in [2.45, 2.75) is 58.3 Å². The van der Waals surface area contributed by atoms with Crippen LogP contribution in [-0.4, -0.2) is 12.6 Å². The zero-order valence-corrected chi connectivity index (χ0v) is 22.1. The van der Waals surface area contributed by atoms with E-state index in [2.05, 4.69) is 0 Å². The molecule has 4 rings (SSSR count). The lowest BCUT2D eigenvalue weighted by molar-refractivity contribution is 0.0720. The summed E-state index contributed by atoms with van der Waals surface area (Å²) in [6.07, 6.45) is 4.98. The van der Waals surface area contributed by atoms with Gasteiger partial charge in [-0.25, -0.2) is 22.4 Å². The van der Waals surface area contributed by atoms with Gasteiger partial charge in [-0.3, -0.25) is 0 Å². The summed E-state index contributed by atoms with van der Waals surface area (Å²) in [6.45, 7) is 3.61. The lowest BCUT2D eigenvalue weighted by Gasteiger charge is -2.24. The van der Waals surface area contributed by atoms with E-state index in [4.69, 9.17) is 9.47 Å². The lowest BCUT2D eigenvalue weighted by Crippen LogP contribution is -2.14. The van der Waals surface area contributed by atoms with Crippen LogP contribution in [-0.2, 0) is 0 Å². The first-order valence-corrected chi connectivity index (χ1v) is 13.1. The number of ether oxygens (including phenoxy) is 2. The predicted molar refractivity (Wildman–Crippen MR) is 138 cm³/mol. The van der Waals surface area contributed by atoms with Gasteiger partial charge in [-0.1, -0.05) is 38.0 Å². The molecule has 0 amide bonds. The fourth-order valence-electron chi connectivity index (χ4n) is 4.69. The Balaban J connectivity index is 1.47. The van der Waals surface area contributed by atoms with E-state index in [1.807, 2.05) is 6.92 Å². The van der Waals surface area contributed by atoms with Crippen LogP contribution >= 0.6 is 0 Å². The molecule has 0 spiro atoms. The smallest absolute Gasteiger partial charge is 0.346 e. The van der Waals surface area contributed by atoms with Gasteiger partial charge in [0.05, 0.1) is 12.2 Å². The third-order valence-electron chi connectivity index (χ3n) is 7.02. The van der Waals surface area contributed by atoms with Crippen LogP contribution in [0, 0.1) is 41.8 Å². The number of benzene rings is 3. The molecule has 0 saturated carbocycles. The summed E-state index contributed by atoms with van der Waals surface area (Å²) < 4.78 is 97.2. The minimum atomic E-state index is -1.53. The molecule has 0 heterocycles. The van der Waals surface area contributed by atoms with E-state index >= 15 is 0 Å². The van der Waals surface area contributed by atoms with Crippen molar-refractivity contribution in [3.05, 3.63) is 99.6 Å². The van der Waals surface area contributed by atoms with E-state index in [0.29, 0.717) is 18.4 Å². The molecule has 1 unspecified atom stereocenters. The Morgan fingerprint density at radius 2 is 1.55 bits per heavy atom. The van der Waals surface area contributed by atoms with Crippen molar-refractivity contribution in [3.8, 4) is 11.5 Å². The van der Waals surface area contributed by atoms with Crippen LogP contribution in [0.1, 0.15) is 78.4 Å². The van der Waals surface area contributed by atoms with Crippen LogP contribution in [0.15, 0.2) is 42.5 Å². The van der Waals surface area contributed by atoms with E-state index < -0.39 is 52.2 Å². The third kappa shape index (κ3) is 6.03. The van der Waals surface area contributed by atoms with Crippen LogP contribution in [0.2, 0.25) is 0 Å². The highest BCUT2D eigenvalue weighted by atomic mass is 19.2. The number of hydrogen-bond acceptors (Lipinski definition) is 3. The molecule has 0 N–H and O–H groups in total. The summed E-state index contributed by atoms with van der Waals surface area (Å²) in [5.74, 6) is -10.4. The molecule has 0 radical (unpaired) electrons. The number of halogens is 6. The van der Waals surface area contributed by atoms with Crippen molar-refractivity contribution >= 4 is 11.5 Å². The summed E-state index contributed by atoms with van der Waals surface area (Å²) >= 11 is 0. The van der Waals surface area contributed by atoms with Gasteiger partial charge in [-0.15, -0.1) is 0 Å². The average molecular weight is 563 g/mol. The van der Waals surface area contributed by atoms with Gasteiger partial charge in [-0.2, -0.15) is 8.78 Å². The van der Waals surface area contributed by atoms with Crippen LogP contribution in [0.5, 0.6) is 11.5 Å². The SMILES string of the molecule is CCCCCOc1ccc(C(=O)Oc2ccc(C3=CCC(c4ccc(C)c(F)c4F)CC3)c(F)c2F)c(F)c1F. The zero-order valence-electron chi connectivity index (χ0n) is 22.1. The van der Waals surface area contributed by atoms with Crippen LogP contribution in [0.3, 0.4) is 0 Å². The van der Waals surface area contributed by atoms with E-state index in [0.717, 1.165) is 31.0 Å². The minimum Gasteiger partial charge on any atom is -0.490 e. The molecule has 0 saturated heterocycles. The predicted octanol–water partition coefficient (Wildman–Crippen LogP) is 8.97. The number of hydrogen-bond donors (Lipinski definition) is 0. The highest BCUT2D eigenvalue weighted by Gasteiger charge is 2.27. The van der Waals surface area contributed by atoms with Crippen molar-refractivity contribution < 1.29 is 40.6 Å². The molecule has 1 aliphatic carbocycles. The molecule has 0 aliphatic heterocycles. The van der Waals surface area contributed by atoms with Crippen LogP contribution in [0.25, 0.3) is 5.57 Å². The number of esters is 1. The maximum Gasteiger partial charge on any atom is 0.346 e. The number of allylic oxidation sites excluding steroid dienone is 2. The lowest BCUT2D eigenvalue weighted by atomic mass is 9.82. The zero-order chi connectivity index (χ0) is 29.0. The summed E-state index contributed by atoms with van der Waals surface area (Å²) in [5, 5.41) is 0. The van der Waals surface area contributed by atoms with Gasteiger partial charge >= 0.3 is 5.97 Å². The number of aryl methyl sites for hydroxylation is 1. The molecule has 1 aliphatic rings. The van der Waals surface area contributed by atoms with Gasteiger partial charge in [-0.05, 0) is 79.5 Å². The Morgan fingerprint density at radius 3 is 2.25 bits per heavy atom. The third-order valence-corrected chi connectivity index (χ3v) is 7.02. The number of carbonyl (C=O) groups is 1. The van der Waals surface area contributed by atoms with Gasteiger partial charge in [0.2, 0.25) is 11.6 Å². The van der Waals surface area contributed by atoms with Crippen molar-refractivity contribution in [2.24, 2.45) is 0 Å². The topological polar surface area (TPSA) is 35.5 Å².